The Bertz CT molecular complexity index is 679. The van der Waals surface area contributed by atoms with E-state index < -0.39 is 5.91 Å². The van der Waals surface area contributed by atoms with Crippen LogP contribution in [0.4, 0.5) is 5.69 Å². The van der Waals surface area contributed by atoms with Gasteiger partial charge in [-0.2, -0.15) is 0 Å². The Hall–Kier alpha value is -2.95. The lowest BCUT2D eigenvalue weighted by atomic mass is 10.1. The van der Waals surface area contributed by atoms with Gasteiger partial charge in [0.2, 0.25) is 11.8 Å². The van der Waals surface area contributed by atoms with Crippen molar-refractivity contribution in [2.24, 2.45) is 5.73 Å². The highest BCUT2D eigenvalue weighted by atomic mass is 16.2. The van der Waals surface area contributed by atoms with Crippen LogP contribution >= 0.6 is 0 Å². The predicted octanol–water partition coefficient (Wildman–Crippen LogP) is 2.39. The lowest BCUT2D eigenvalue weighted by Crippen LogP contribution is -2.14. The largest absolute Gasteiger partial charge is 0.366 e. The molecule has 2 amide bonds. The van der Waals surface area contributed by atoms with Gasteiger partial charge in [-0.3, -0.25) is 14.4 Å². The number of carbonyl (C=O) groups excluding carboxylic acids is 3. The number of hydrogen-bond donors (Lipinski definition) is 2. The molecule has 0 radical (unpaired) electrons. The number of benzene rings is 2. The average molecular weight is 296 g/mol. The number of anilines is 1. The van der Waals surface area contributed by atoms with E-state index in [1.165, 1.54) is 12.1 Å². The van der Waals surface area contributed by atoms with Crippen LogP contribution in [0.25, 0.3) is 0 Å². The average Bonchev–Trinajstić information content (AvgIpc) is 2.54. The number of nitrogens with one attached hydrogen (secondary N) is 1. The summed E-state index contributed by atoms with van der Waals surface area (Å²) < 4.78 is 0. The SMILES string of the molecule is NC(=O)c1ccc(NC(=O)CCC(=O)c2ccccc2)cc1. The van der Waals surface area contributed by atoms with E-state index in [2.05, 4.69) is 5.32 Å². The molecule has 0 atom stereocenters. The monoisotopic (exact) mass is 296 g/mol. The van der Waals surface area contributed by atoms with Crippen molar-refractivity contribution >= 4 is 23.3 Å². The molecule has 0 bridgehead atoms. The number of carbonyl (C=O) groups is 3. The molecule has 5 nitrogen and oxygen atoms in total. The molecule has 0 aliphatic rings. The van der Waals surface area contributed by atoms with E-state index in [-0.39, 0.29) is 24.5 Å². The number of primary amides is 1. The molecule has 0 saturated carbocycles. The van der Waals surface area contributed by atoms with Crippen molar-refractivity contribution in [1.29, 1.82) is 0 Å². The van der Waals surface area contributed by atoms with Crippen molar-refractivity contribution in [2.75, 3.05) is 5.32 Å². The van der Waals surface area contributed by atoms with Crippen LogP contribution in [0.2, 0.25) is 0 Å². The van der Waals surface area contributed by atoms with Crippen molar-refractivity contribution in [1.82, 2.24) is 0 Å². The van der Waals surface area contributed by atoms with E-state index in [1.54, 1.807) is 36.4 Å². The van der Waals surface area contributed by atoms with Crippen LogP contribution in [0, 0.1) is 0 Å². The molecule has 2 rings (SSSR count). The number of ketones is 1. The zero-order chi connectivity index (χ0) is 15.9. The van der Waals surface area contributed by atoms with Gasteiger partial charge in [0, 0.05) is 29.7 Å². The van der Waals surface area contributed by atoms with Crippen LogP contribution in [0.5, 0.6) is 0 Å². The topological polar surface area (TPSA) is 89.3 Å². The zero-order valence-electron chi connectivity index (χ0n) is 11.9. The number of Topliss-reactive ketones (excluding diaryl/α,β-unsaturated/α-hetero) is 1. The normalized spacial score (nSPS) is 10.0. The Balaban J connectivity index is 1.85. The van der Waals surface area contributed by atoms with Crippen LogP contribution in [0.15, 0.2) is 54.6 Å². The molecular formula is C17H16N2O3. The van der Waals surface area contributed by atoms with Gasteiger partial charge in [-0.05, 0) is 24.3 Å². The van der Waals surface area contributed by atoms with Gasteiger partial charge in [0.05, 0.1) is 0 Å². The summed E-state index contributed by atoms with van der Waals surface area (Å²) in [7, 11) is 0. The van der Waals surface area contributed by atoms with Crippen molar-refractivity contribution in [3.05, 3.63) is 65.7 Å². The lowest BCUT2D eigenvalue weighted by molar-refractivity contribution is -0.116. The Kier molecular flexibility index (Phi) is 5.03. The number of amides is 2. The molecule has 5 heteroatoms. The van der Waals surface area contributed by atoms with Crippen molar-refractivity contribution in [3.8, 4) is 0 Å². The van der Waals surface area contributed by atoms with E-state index in [9.17, 15) is 14.4 Å². The molecule has 0 heterocycles. The molecule has 3 N–H and O–H groups in total. The molecule has 0 fully saturated rings. The van der Waals surface area contributed by atoms with Crippen LogP contribution in [0.3, 0.4) is 0 Å². The summed E-state index contributed by atoms with van der Waals surface area (Å²) in [6.07, 6.45) is 0.251. The molecule has 0 aliphatic heterocycles. The van der Waals surface area contributed by atoms with E-state index in [0.29, 0.717) is 16.8 Å². The molecule has 112 valence electrons. The van der Waals surface area contributed by atoms with Gasteiger partial charge in [0.1, 0.15) is 0 Å². The molecule has 0 saturated heterocycles. The molecule has 0 unspecified atom stereocenters. The highest BCUT2D eigenvalue weighted by Gasteiger charge is 2.09. The molecule has 0 aliphatic carbocycles. The summed E-state index contributed by atoms with van der Waals surface area (Å²) in [5, 5.41) is 2.67. The highest BCUT2D eigenvalue weighted by molar-refractivity contribution is 6.00. The van der Waals surface area contributed by atoms with Gasteiger partial charge in [0.15, 0.2) is 5.78 Å². The summed E-state index contributed by atoms with van der Waals surface area (Å²) in [5.74, 6) is -0.845. The minimum Gasteiger partial charge on any atom is -0.366 e. The summed E-state index contributed by atoms with van der Waals surface area (Å²) >= 11 is 0. The van der Waals surface area contributed by atoms with Gasteiger partial charge in [-0.25, -0.2) is 0 Å². The maximum Gasteiger partial charge on any atom is 0.248 e. The fourth-order valence-corrected chi connectivity index (χ4v) is 1.94. The maximum absolute atomic E-state index is 11.9. The Morgan fingerprint density at radius 2 is 1.45 bits per heavy atom. The quantitative estimate of drug-likeness (QED) is 0.802. The predicted molar refractivity (Wildman–Crippen MR) is 83.6 cm³/mol. The first-order chi connectivity index (χ1) is 10.6. The first-order valence-electron chi connectivity index (χ1n) is 6.84. The molecule has 0 aromatic heterocycles. The first-order valence-corrected chi connectivity index (χ1v) is 6.84. The molecular weight excluding hydrogens is 280 g/mol. The number of nitrogens with two attached hydrogens (primary N) is 1. The second-order valence-corrected chi connectivity index (χ2v) is 4.78. The lowest BCUT2D eigenvalue weighted by Gasteiger charge is -2.05. The Morgan fingerprint density at radius 3 is 2.05 bits per heavy atom. The Morgan fingerprint density at radius 1 is 0.818 bits per heavy atom. The third-order valence-electron chi connectivity index (χ3n) is 3.13. The standard InChI is InChI=1S/C17H16N2O3/c18-17(22)13-6-8-14(9-7-13)19-16(21)11-10-15(20)12-4-2-1-3-5-12/h1-9H,10-11H2,(H2,18,22)(H,19,21). The molecule has 22 heavy (non-hydrogen) atoms. The number of hydrogen-bond acceptors (Lipinski definition) is 3. The minimum absolute atomic E-state index is 0.0696. The molecule has 2 aromatic carbocycles. The third-order valence-corrected chi connectivity index (χ3v) is 3.13. The highest BCUT2D eigenvalue weighted by Crippen LogP contribution is 2.11. The van der Waals surface area contributed by atoms with Gasteiger partial charge >= 0.3 is 0 Å². The van der Waals surface area contributed by atoms with Crippen molar-refractivity contribution < 1.29 is 14.4 Å². The second-order valence-electron chi connectivity index (χ2n) is 4.78. The van der Waals surface area contributed by atoms with E-state index in [1.807, 2.05) is 6.07 Å². The molecule has 0 spiro atoms. The summed E-state index contributed by atoms with van der Waals surface area (Å²) in [6.45, 7) is 0. The Labute approximate surface area is 128 Å². The van der Waals surface area contributed by atoms with E-state index in [0.717, 1.165) is 0 Å². The van der Waals surface area contributed by atoms with E-state index in [4.69, 9.17) is 5.73 Å². The van der Waals surface area contributed by atoms with Crippen LogP contribution < -0.4 is 11.1 Å². The third kappa shape index (κ3) is 4.28. The molecule has 2 aromatic rings. The number of rotatable bonds is 6. The van der Waals surface area contributed by atoms with Gasteiger partial charge < -0.3 is 11.1 Å². The summed E-state index contributed by atoms with van der Waals surface area (Å²) in [5.41, 5.74) is 6.67. The summed E-state index contributed by atoms with van der Waals surface area (Å²) in [4.78, 5) is 34.6. The van der Waals surface area contributed by atoms with Crippen LogP contribution in [-0.2, 0) is 4.79 Å². The van der Waals surface area contributed by atoms with Gasteiger partial charge in [-0.1, -0.05) is 30.3 Å². The maximum atomic E-state index is 11.9. The first kappa shape index (κ1) is 15.4. The fourth-order valence-electron chi connectivity index (χ4n) is 1.94. The minimum atomic E-state index is -0.522. The van der Waals surface area contributed by atoms with E-state index >= 15 is 0 Å². The van der Waals surface area contributed by atoms with Crippen LogP contribution in [-0.4, -0.2) is 17.6 Å². The van der Waals surface area contributed by atoms with Gasteiger partial charge in [-0.15, -0.1) is 0 Å². The zero-order valence-corrected chi connectivity index (χ0v) is 11.9. The summed E-state index contributed by atoms with van der Waals surface area (Å²) in [6, 6.07) is 15.1. The van der Waals surface area contributed by atoms with Crippen molar-refractivity contribution in [3.63, 3.8) is 0 Å². The fraction of sp³-hybridized carbons (Fsp3) is 0.118. The van der Waals surface area contributed by atoms with Gasteiger partial charge in [0.25, 0.3) is 0 Å². The smallest absolute Gasteiger partial charge is 0.248 e. The van der Waals surface area contributed by atoms with Crippen molar-refractivity contribution in [2.45, 2.75) is 12.8 Å². The second kappa shape index (κ2) is 7.17. The van der Waals surface area contributed by atoms with Crippen LogP contribution in [0.1, 0.15) is 33.6 Å².